The van der Waals surface area contributed by atoms with Crippen molar-refractivity contribution in [3.8, 4) is 0 Å². The van der Waals surface area contributed by atoms with E-state index in [9.17, 15) is 13.6 Å². The lowest BCUT2D eigenvalue weighted by Crippen LogP contribution is -2.33. The Morgan fingerprint density at radius 3 is 2.73 bits per heavy atom. The van der Waals surface area contributed by atoms with Crippen molar-refractivity contribution < 1.29 is 13.6 Å². The van der Waals surface area contributed by atoms with Crippen molar-refractivity contribution in [1.82, 2.24) is 10.3 Å². The monoisotopic (exact) mass is 324 g/mol. The molecule has 0 saturated carbocycles. The molecule has 3 nitrogen and oxygen atoms in total. The molecule has 1 heterocycles. The lowest BCUT2D eigenvalue weighted by molar-refractivity contribution is 0.0933. The second-order valence-corrected chi connectivity index (χ2v) is 5.39. The van der Waals surface area contributed by atoms with Gasteiger partial charge in [-0.05, 0) is 49.6 Å². The molecule has 2 aromatic rings. The summed E-state index contributed by atoms with van der Waals surface area (Å²) in [4.78, 5) is 15.9. The number of pyridine rings is 1. The first-order chi connectivity index (χ1) is 10.5. The fraction of sp³-hybridized carbons (Fsp3) is 0.250. The van der Waals surface area contributed by atoms with Gasteiger partial charge >= 0.3 is 0 Å². The third kappa shape index (κ3) is 4.49. The minimum absolute atomic E-state index is 0.138. The van der Waals surface area contributed by atoms with Crippen LogP contribution in [0.3, 0.4) is 0 Å². The van der Waals surface area contributed by atoms with E-state index in [4.69, 9.17) is 11.6 Å². The number of nitrogens with one attached hydrogen (secondary N) is 1. The summed E-state index contributed by atoms with van der Waals surface area (Å²) in [6.07, 6.45) is 1.12. The van der Waals surface area contributed by atoms with E-state index in [-0.39, 0.29) is 22.8 Å². The molecule has 1 aromatic heterocycles. The highest BCUT2D eigenvalue weighted by Crippen LogP contribution is 2.12. The van der Waals surface area contributed by atoms with E-state index >= 15 is 0 Å². The molecule has 0 aliphatic heterocycles. The Balaban J connectivity index is 1.88. The van der Waals surface area contributed by atoms with Gasteiger partial charge in [-0.15, -0.1) is 0 Å². The van der Waals surface area contributed by atoms with E-state index in [0.717, 1.165) is 6.07 Å². The Morgan fingerprint density at radius 1 is 1.27 bits per heavy atom. The predicted octanol–water partition coefficient (Wildman–Crippen LogP) is 3.76. The maximum absolute atomic E-state index is 13.1. The van der Waals surface area contributed by atoms with Gasteiger partial charge in [-0.3, -0.25) is 4.79 Å². The zero-order valence-corrected chi connectivity index (χ0v) is 12.7. The summed E-state index contributed by atoms with van der Waals surface area (Å²) in [5.74, 6) is -2.05. The molecule has 1 amide bonds. The Labute approximate surface area is 132 Å². The maximum atomic E-state index is 13.1. The van der Waals surface area contributed by atoms with Crippen molar-refractivity contribution in [2.45, 2.75) is 25.8 Å². The summed E-state index contributed by atoms with van der Waals surface area (Å²) < 4.78 is 25.9. The molecule has 1 aromatic carbocycles. The van der Waals surface area contributed by atoms with Crippen molar-refractivity contribution in [2.75, 3.05) is 0 Å². The van der Waals surface area contributed by atoms with Crippen LogP contribution < -0.4 is 5.32 Å². The molecule has 22 heavy (non-hydrogen) atoms. The van der Waals surface area contributed by atoms with Crippen LogP contribution in [-0.2, 0) is 6.42 Å². The Morgan fingerprint density at radius 2 is 2.05 bits per heavy atom. The van der Waals surface area contributed by atoms with Crippen molar-refractivity contribution in [3.05, 3.63) is 64.4 Å². The van der Waals surface area contributed by atoms with Crippen LogP contribution in [0.25, 0.3) is 0 Å². The molecule has 0 aliphatic rings. The lowest BCUT2D eigenvalue weighted by Gasteiger charge is -2.13. The van der Waals surface area contributed by atoms with Crippen molar-refractivity contribution in [3.63, 3.8) is 0 Å². The number of carbonyl (C=O) groups is 1. The first-order valence-corrected chi connectivity index (χ1v) is 7.21. The third-order valence-electron chi connectivity index (χ3n) is 3.18. The first kappa shape index (κ1) is 16.4. The molecule has 1 N–H and O–H groups in total. The van der Waals surface area contributed by atoms with Gasteiger partial charge in [0.25, 0.3) is 5.91 Å². The molecular weight excluding hydrogens is 310 g/mol. The van der Waals surface area contributed by atoms with Gasteiger partial charge in [0.1, 0.15) is 10.8 Å². The molecule has 0 spiro atoms. The molecule has 0 bridgehead atoms. The summed E-state index contributed by atoms with van der Waals surface area (Å²) >= 11 is 5.74. The van der Waals surface area contributed by atoms with E-state index in [1.807, 2.05) is 6.92 Å². The van der Waals surface area contributed by atoms with E-state index < -0.39 is 11.6 Å². The third-order valence-corrected chi connectivity index (χ3v) is 3.39. The fourth-order valence-electron chi connectivity index (χ4n) is 1.98. The summed E-state index contributed by atoms with van der Waals surface area (Å²) in [5.41, 5.74) is 0.924. The average molecular weight is 325 g/mol. The van der Waals surface area contributed by atoms with Crippen molar-refractivity contribution in [1.29, 1.82) is 0 Å². The molecule has 0 saturated heterocycles. The fourth-order valence-corrected chi connectivity index (χ4v) is 2.15. The number of amides is 1. The van der Waals surface area contributed by atoms with Gasteiger partial charge in [-0.25, -0.2) is 13.8 Å². The number of benzene rings is 1. The first-order valence-electron chi connectivity index (χ1n) is 6.83. The summed E-state index contributed by atoms with van der Waals surface area (Å²) in [6.45, 7) is 1.84. The van der Waals surface area contributed by atoms with Gasteiger partial charge in [0.05, 0.1) is 0 Å². The zero-order valence-electron chi connectivity index (χ0n) is 11.9. The number of aryl methyl sites for hydroxylation is 1. The Hall–Kier alpha value is -2.01. The lowest BCUT2D eigenvalue weighted by atomic mass is 10.1. The number of halogens is 3. The van der Waals surface area contributed by atoms with Gasteiger partial charge in [0, 0.05) is 6.04 Å². The van der Waals surface area contributed by atoms with Crippen LogP contribution in [0, 0.1) is 11.6 Å². The van der Waals surface area contributed by atoms with Crippen molar-refractivity contribution >= 4 is 17.5 Å². The zero-order chi connectivity index (χ0) is 16.1. The number of rotatable bonds is 5. The molecule has 116 valence electrons. The van der Waals surface area contributed by atoms with Gasteiger partial charge in [-0.1, -0.05) is 23.7 Å². The average Bonchev–Trinajstić information content (AvgIpc) is 2.48. The van der Waals surface area contributed by atoms with Crippen LogP contribution >= 0.6 is 11.6 Å². The maximum Gasteiger partial charge on any atom is 0.270 e. The molecular formula is C16H15ClF2N2O. The number of nitrogens with zero attached hydrogens (tertiary/aromatic N) is 1. The van der Waals surface area contributed by atoms with Gasteiger partial charge in [0.15, 0.2) is 11.6 Å². The number of hydrogen-bond acceptors (Lipinski definition) is 2. The number of aromatic nitrogens is 1. The quantitative estimate of drug-likeness (QED) is 0.851. The molecule has 0 radical (unpaired) electrons. The number of hydrogen-bond donors (Lipinski definition) is 1. The SMILES string of the molecule is CC(CCc1ccc(F)c(F)c1)NC(=O)c1cccc(Cl)n1. The van der Waals surface area contributed by atoms with Gasteiger partial charge < -0.3 is 5.32 Å². The number of carbonyl (C=O) groups excluding carboxylic acids is 1. The van der Waals surface area contributed by atoms with Gasteiger partial charge in [-0.2, -0.15) is 0 Å². The van der Waals surface area contributed by atoms with Crippen LogP contribution in [0.2, 0.25) is 5.15 Å². The largest absolute Gasteiger partial charge is 0.348 e. The van der Waals surface area contributed by atoms with Crippen LogP contribution in [0.15, 0.2) is 36.4 Å². The molecule has 2 rings (SSSR count). The topological polar surface area (TPSA) is 42.0 Å². The summed E-state index contributed by atoms with van der Waals surface area (Å²) in [7, 11) is 0. The van der Waals surface area contributed by atoms with E-state index in [1.165, 1.54) is 12.1 Å². The Kier molecular flexibility index (Phi) is 5.44. The molecule has 1 unspecified atom stereocenters. The van der Waals surface area contributed by atoms with E-state index in [2.05, 4.69) is 10.3 Å². The standard InChI is InChI=1S/C16H15ClF2N2O/c1-10(5-6-11-7-8-12(18)13(19)9-11)20-16(22)14-3-2-4-15(17)21-14/h2-4,7-10H,5-6H2,1H3,(H,20,22). The molecule has 0 aliphatic carbocycles. The van der Waals surface area contributed by atoms with E-state index in [0.29, 0.717) is 18.4 Å². The van der Waals surface area contributed by atoms with Crippen LogP contribution in [0.4, 0.5) is 8.78 Å². The highest BCUT2D eigenvalue weighted by Gasteiger charge is 2.12. The minimum Gasteiger partial charge on any atom is -0.348 e. The second-order valence-electron chi connectivity index (χ2n) is 5.01. The highest BCUT2D eigenvalue weighted by atomic mass is 35.5. The molecule has 0 fully saturated rings. The van der Waals surface area contributed by atoms with E-state index in [1.54, 1.807) is 18.2 Å². The van der Waals surface area contributed by atoms with Crippen molar-refractivity contribution in [2.24, 2.45) is 0 Å². The highest BCUT2D eigenvalue weighted by molar-refractivity contribution is 6.29. The smallest absolute Gasteiger partial charge is 0.270 e. The van der Waals surface area contributed by atoms with Gasteiger partial charge in [0.2, 0.25) is 0 Å². The minimum atomic E-state index is -0.864. The predicted molar refractivity (Wildman–Crippen MR) is 80.9 cm³/mol. The van der Waals surface area contributed by atoms with Crippen LogP contribution in [-0.4, -0.2) is 16.9 Å². The Bertz CT molecular complexity index is 679. The summed E-state index contributed by atoms with van der Waals surface area (Å²) in [5, 5.41) is 3.04. The van der Waals surface area contributed by atoms with Crippen LogP contribution in [0.1, 0.15) is 29.4 Å². The normalized spacial score (nSPS) is 12.0. The molecule has 6 heteroatoms. The summed E-state index contributed by atoms with van der Waals surface area (Å²) in [6, 6.07) is 8.48. The van der Waals surface area contributed by atoms with Crippen LogP contribution in [0.5, 0.6) is 0 Å². The molecule has 1 atom stereocenters. The second kappa shape index (κ2) is 7.31.